The van der Waals surface area contributed by atoms with Crippen LogP contribution < -0.4 is 11.5 Å². The predicted molar refractivity (Wildman–Crippen MR) is 91.1 cm³/mol. The zero-order valence-corrected chi connectivity index (χ0v) is 15.4. The van der Waals surface area contributed by atoms with Crippen LogP contribution in [0.15, 0.2) is 0 Å². The van der Waals surface area contributed by atoms with Crippen molar-refractivity contribution in [3.8, 4) is 0 Å². The van der Waals surface area contributed by atoms with E-state index >= 15 is 0 Å². The highest BCUT2D eigenvalue weighted by molar-refractivity contribution is 7.96. The molecule has 20 heavy (non-hydrogen) atoms. The van der Waals surface area contributed by atoms with Gasteiger partial charge in [0, 0.05) is 13.2 Å². The molecule has 121 valence electrons. The summed E-state index contributed by atoms with van der Waals surface area (Å²) in [6, 6.07) is 0. The number of thiocarbonyl (C=S) groups is 1. The number of carbonyl (C=O) groups is 1. The molecule has 0 aromatic rings. The van der Waals surface area contributed by atoms with Crippen LogP contribution in [-0.4, -0.2) is 39.5 Å². The highest BCUT2D eigenvalue weighted by Crippen LogP contribution is 1.86. The van der Waals surface area contributed by atoms with Crippen molar-refractivity contribution in [1.29, 1.82) is 0 Å². The van der Waals surface area contributed by atoms with E-state index in [1.165, 1.54) is 0 Å². The normalized spacial score (nSPS) is 8.90. The average Bonchev–Trinajstić information content (AvgIpc) is 2.29. The molecule has 0 aromatic carbocycles. The summed E-state index contributed by atoms with van der Waals surface area (Å²) in [7, 11) is -0.891. The van der Waals surface area contributed by atoms with E-state index in [2.05, 4.69) is 37.5 Å². The monoisotopic (exact) mass is 343 g/mol. The van der Waals surface area contributed by atoms with Crippen molar-refractivity contribution in [3.63, 3.8) is 0 Å². The summed E-state index contributed by atoms with van der Waals surface area (Å²) in [5.41, 5.74) is 9.38. The van der Waals surface area contributed by atoms with E-state index in [-0.39, 0.29) is 5.17 Å². The van der Waals surface area contributed by atoms with Crippen LogP contribution in [0, 0.1) is 0 Å². The molecule has 0 bridgehead atoms. The van der Waals surface area contributed by atoms with Crippen LogP contribution in [0.5, 0.6) is 0 Å². The molecule has 9 heteroatoms. The molecular formula is C11H27N2O4S2Si. The van der Waals surface area contributed by atoms with Crippen molar-refractivity contribution in [2.75, 3.05) is 19.8 Å². The summed E-state index contributed by atoms with van der Waals surface area (Å²) in [6.07, 6.45) is 2.14. The Kier molecular flexibility index (Phi) is 25.8. The van der Waals surface area contributed by atoms with Gasteiger partial charge in [-0.3, -0.25) is 4.79 Å². The Bertz CT molecular complexity index is 226. The molecule has 0 fully saturated rings. The molecule has 0 heterocycles. The number of primary amides is 1. The number of nitrogens with two attached hydrogens (primary N) is 2. The molecule has 1 radical (unpaired) electrons. The Morgan fingerprint density at radius 3 is 1.85 bits per heavy atom. The van der Waals surface area contributed by atoms with Gasteiger partial charge < -0.3 is 25.1 Å². The number of unbranched alkanes of at least 4 members (excludes halogenated alkanes) is 1. The molecule has 0 rings (SSSR count). The molecule has 6 nitrogen and oxygen atoms in total. The summed E-state index contributed by atoms with van der Waals surface area (Å²) < 4.78 is 15.1. The van der Waals surface area contributed by atoms with Crippen LogP contribution in [0.25, 0.3) is 0 Å². The first kappa shape index (κ1) is 24.7. The number of rotatable bonds is 7. The second kappa shape index (κ2) is 21.0. The van der Waals surface area contributed by atoms with Crippen LogP contribution >= 0.6 is 24.8 Å². The van der Waals surface area contributed by atoms with E-state index in [1.54, 1.807) is 0 Å². The molecule has 0 aliphatic carbocycles. The van der Waals surface area contributed by atoms with Gasteiger partial charge in [0.05, 0.1) is 6.61 Å². The van der Waals surface area contributed by atoms with Crippen molar-refractivity contribution >= 4 is 44.5 Å². The van der Waals surface area contributed by atoms with Gasteiger partial charge in [-0.1, -0.05) is 26.0 Å². The Balaban J connectivity index is -0.000000230. The molecule has 0 spiro atoms. The predicted octanol–water partition coefficient (Wildman–Crippen LogP) is 2.22. The number of carbonyl (C=O) groups excluding carboxylic acids is 1. The van der Waals surface area contributed by atoms with E-state index in [0.717, 1.165) is 26.1 Å². The summed E-state index contributed by atoms with van der Waals surface area (Å²) in [5, 5.41) is -0.488. The fourth-order valence-electron chi connectivity index (χ4n) is 0.765. The van der Waals surface area contributed by atoms with Gasteiger partial charge in [0.1, 0.15) is 0 Å². The summed E-state index contributed by atoms with van der Waals surface area (Å²) in [4.78, 5) is 9.09. The maximum atomic E-state index is 9.09. The fraction of sp³-hybridized carbons (Fsp3) is 0.818. The minimum Gasteiger partial charge on any atom is -0.471 e. The van der Waals surface area contributed by atoms with Gasteiger partial charge in [-0.25, -0.2) is 0 Å². The Morgan fingerprint density at radius 2 is 1.60 bits per heavy atom. The molecule has 1 amide bonds. The highest BCUT2D eigenvalue weighted by Gasteiger charge is 2.02. The first-order chi connectivity index (χ1) is 9.31. The molecule has 0 aliphatic heterocycles. The van der Waals surface area contributed by atoms with Crippen molar-refractivity contribution in [3.05, 3.63) is 0 Å². The molecule has 0 atom stereocenters. The molecule has 0 aromatic heterocycles. The number of amides is 1. The van der Waals surface area contributed by atoms with E-state index < -0.39 is 14.5 Å². The van der Waals surface area contributed by atoms with Gasteiger partial charge in [-0.2, -0.15) is 0 Å². The van der Waals surface area contributed by atoms with Gasteiger partial charge in [0.25, 0.3) is 10.4 Å². The zero-order valence-electron chi connectivity index (χ0n) is 12.7. The minimum absolute atomic E-state index is 0.151. The van der Waals surface area contributed by atoms with E-state index in [0.29, 0.717) is 6.61 Å². The second-order valence-electron chi connectivity index (χ2n) is 3.22. The third-order valence-electron chi connectivity index (χ3n) is 1.44. The number of hydrogen-bond donors (Lipinski definition) is 3. The van der Waals surface area contributed by atoms with Gasteiger partial charge >= 0.3 is 9.28 Å². The molecule has 0 aliphatic rings. The highest BCUT2D eigenvalue weighted by atomic mass is 32.1. The van der Waals surface area contributed by atoms with Crippen molar-refractivity contribution < 1.29 is 18.4 Å². The van der Waals surface area contributed by atoms with Crippen LogP contribution in [0.3, 0.4) is 0 Å². The lowest BCUT2D eigenvalue weighted by atomic mass is 10.4. The molecular weight excluding hydrogens is 316 g/mol. The first-order valence-electron chi connectivity index (χ1n) is 6.31. The van der Waals surface area contributed by atoms with Crippen LogP contribution in [0.2, 0.25) is 6.55 Å². The smallest absolute Gasteiger partial charge is 0.381 e. The Labute approximate surface area is 134 Å². The standard InChI is InChI=1S/C5H11NOS.C5H13O2Si.CH3NOS/c1-2-3-4-7-5(6)8;1-4-6-8(3)7-5-2;2-1(3)4/h2-4H2,1H3,(H2,6,8);4-5H2,1-3H3;(H3,2,3,4). The molecule has 0 saturated heterocycles. The van der Waals surface area contributed by atoms with E-state index in [4.69, 9.17) is 24.1 Å². The van der Waals surface area contributed by atoms with E-state index in [9.17, 15) is 0 Å². The lowest BCUT2D eigenvalue weighted by molar-refractivity contribution is 0.219. The quantitative estimate of drug-likeness (QED) is 0.284. The molecule has 0 unspecified atom stereocenters. The fourth-order valence-corrected chi connectivity index (χ4v) is 1.75. The Morgan fingerprint density at radius 1 is 1.20 bits per heavy atom. The van der Waals surface area contributed by atoms with Gasteiger partial charge in [0.2, 0.25) is 0 Å². The Hall–Kier alpha value is -0.353. The van der Waals surface area contributed by atoms with Gasteiger partial charge in [-0.15, -0.1) is 0 Å². The van der Waals surface area contributed by atoms with Crippen molar-refractivity contribution in [2.45, 2.75) is 40.2 Å². The average molecular weight is 344 g/mol. The van der Waals surface area contributed by atoms with E-state index in [1.807, 2.05) is 20.4 Å². The number of hydrogen-bond acceptors (Lipinski definition) is 5. The summed E-state index contributed by atoms with van der Waals surface area (Å²) in [6.45, 7) is 10.2. The number of thiol groups is 1. The lowest BCUT2D eigenvalue weighted by Crippen LogP contribution is -2.17. The zero-order chi connectivity index (χ0) is 16.4. The lowest BCUT2D eigenvalue weighted by Gasteiger charge is -2.05. The van der Waals surface area contributed by atoms with Gasteiger partial charge in [0.15, 0.2) is 0 Å². The summed E-state index contributed by atoms with van der Waals surface area (Å²) in [5.74, 6) is 0. The van der Waals surface area contributed by atoms with Crippen molar-refractivity contribution in [1.82, 2.24) is 0 Å². The maximum absolute atomic E-state index is 9.09. The third-order valence-corrected chi connectivity index (χ3v) is 2.95. The minimum atomic E-state index is -0.891. The van der Waals surface area contributed by atoms with Crippen molar-refractivity contribution in [2.24, 2.45) is 11.5 Å². The molecule has 4 N–H and O–H groups in total. The van der Waals surface area contributed by atoms with Crippen LogP contribution in [-0.2, 0) is 13.6 Å². The summed E-state index contributed by atoms with van der Waals surface area (Å²) >= 11 is 7.57. The van der Waals surface area contributed by atoms with Crippen LogP contribution in [0.1, 0.15) is 33.6 Å². The number of ether oxygens (including phenoxy) is 1. The topological polar surface area (TPSA) is 96.8 Å². The van der Waals surface area contributed by atoms with Gasteiger partial charge in [-0.05, 0) is 39.0 Å². The van der Waals surface area contributed by atoms with Crippen LogP contribution in [0.4, 0.5) is 4.79 Å². The largest absolute Gasteiger partial charge is 0.471 e. The second-order valence-corrected chi connectivity index (χ2v) is 5.62. The first-order valence-corrected chi connectivity index (χ1v) is 8.98. The SMILES string of the molecule is CCCCOC(N)=S.CCO[Si](C)OCC.NC(=O)S. The maximum Gasteiger partial charge on any atom is 0.381 e. The molecule has 0 saturated carbocycles. The third kappa shape index (κ3) is 43.1.